The maximum Gasteiger partial charge on any atom is 0.282 e. The molecular weight excluding hydrogens is 350 g/mol. The summed E-state index contributed by atoms with van der Waals surface area (Å²) >= 11 is 5.78. The number of amides is 1. The van der Waals surface area contributed by atoms with Gasteiger partial charge in [-0.1, -0.05) is 23.7 Å². The van der Waals surface area contributed by atoms with Crippen LogP contribution in [0.1, 0.15) is 11.1 Å². The predicted octanol–water partition coefficient (Wildman–Crippen LogP) is 2.67. The van der Waals surface area contributed by atoms with Gasteiger partial charge < -0.3 is 9.47 Å². The molecule has 128 valence electrons. The molecule has 0 aromatic heterocycles. The van der Waals surface area contributed by atoms with E-state index in [1.54, 1.807) is 24.3 Å². The molecule has 0 aliphatic carbocycles. The van der Waals surface area contributed by atoms with Gasteiger partial charge in [0.1, 0.15) is 0 Å². The van der Waals surface area contributed by atoms with Crippen molar-refractivity contribution in [2.45, 2.75) is 6.42 Å². The van der Waals surface area contributed by atoms with Crippen LogP contribution in [0.25, 0.3) is 0 Å². The Labute approximate surface area is 147 Å². The number of carbonyl (C=O) groups is 1. The van der Waals surface area contributed by atoms with Crippen LogP contribution in [0, 0.1) is 10.1 Å². The monoisotopic (exact) mass is 361 g/mol. The van der Waals surface area contributed by atoms with Gasteiger partial charge >= 0.3 is 0 Å². The first kappa shape index (κ1) is 16.7. The predicted molar refractivity (Wildman–Crippen MR) is 90.1 cm³/mol. The summed E-state index contributed by atoms with van der Waals surface area (Å²) in [4.78, 5) is 22.4. The maximum atomic E-state index is 11.9. The molecule has 2 aromatic carbocycles. The maximum absolute atomic E-state index is 11.9. The van der Waals surface area contributed by atoms with E-state index in [1.807, 2.05) is 0 Å². The zero-order valence-corrected chi connectivity index (χ0v) is 13.5. The molecule has 0 spiro atoms. The zero-order chi connectivity index (χ0) is 17.8. The molecule has 0 unspecified atom stereocenters. The van der Waals surface area contributed by atoms with Gasteiger partial charge in [0, 0.05) is 5.02 Å². The van der Waals surface area contributed by atoms with Crippen LogP contribution < -0.4 is 14.9 Å². The van der Waals surface area contributed by atoms with Gasteiger partial charge in [-0.15, -0.1) is 0 Å². The lowest BCUT2D eigenvalue weighted by Gasteiger charge is -2.02. The van der Waals surface area contributed by atoms with Crippen LogP contribution in [0.5, 0.6) is 11.5 Å². The SMILES string of the molecule is O=C(Cc1ccc(Cl)cc1)N/N=C\c1cc2c(cc1[N+](=O)[O-])OCO2. The van der Waals surface area contributed by atoms with Crippen LogP contribution in [0.2, 0.25) is 5.02 Å². The lowest BCUT2D eigenvalue weighted by molar-refractivity contribution is -0.385. The number of nitrogens with one attached hydrogen (secondary N) is 1. The Morgan fingerprint density at radius 1 is 1.28 bits per heavy atom. The first-order chi connectivity index (χ1) is 12.0. The molecule has 0 radical (unpaired) electrons. The van der Waals surface area contributed by atoms with Gasteiger partial charge in [-0.25, -0.2) is 5.43 Å². The number of ether oxygens (including phenoxy) is 2. The molecule has 0 fully saturated rings. The molecule has 0 saturated carbocycles. The number of hydrogen-bond acceptors (Lipinski definition) is 6. The van der Waals surface area contributed by atoms with E-state index in [1.165, 1.54) is 18.3 Å². The fourth-order valence-electron chi connectivity index (χ4n) is 2.21. The highest BCUT2D eigenvalue weighted by Gasteiger charge is 2.22. The second-order valence-electron chi connectivity index (χ2n) is 5.12. The van der Waals surface area contributed by atoms with Crippen LogP contribution >= 0.6 is 11.6 Å². The average Bonchev–Trinajstić information content (AvgIpc) is 3.03. The lowest BCUT2D eigenvalue weighted by Crippen LogP contribution is -2.19. The molecule has 1 amide bonds. The number of halogens is 1. The number of hydrazone groups is 1. The molecule has 25 heavy (non-hydrogen) atoms. The van der Waals surface area contributed by atoms with Crippen molar-refractivity contribution >= 4 is 29.4 Å². The van der Waals surface area contributed by atoms with Crippen LogP contribution in [0.4, 0.5) is 5.69 Å². The molecule has 2 aromatic rings. The second-order valence-corrected chi connectivity index (χ2v) is 5.55. The molecule has 3 rings (SSSR count). The van der Waals surface area contributed by atoms with Gasteiger partial charge in [0.25, 0.3) is 5.69 Å². The highest BCUT2D eigenvalue weighted by molar-refractivity contribution is 6.30. The average molecular weight is 362 g/mol. The Kier molecular flexibility index (Phi) is 4.80. The van der Waals surface area contributed by atoms with Gasteiger partial charge in [-0.2, -0.15) is 5.10 Å². The van der Waals surface area contributed by atoms with Crippen LogP contribution in [-0.4, -0.2) is 23.8 Å². The van der Waals surface area contributed by atoms with Gasteiger partial charge in [0.15, 0.2) is 11.5 Å². The highest BCUT2D eigenvalue weighted by Crippen LogP contribution is 2.37. The quantitative estimate of drug-likeness (QED) is 0.501. The molecular formula is C16H12ClN3O5. The normalized spacial score (nSPS) is 12.4. The van der Waals surface area contributed by atoms with E-state index >= 15 is 0 Å². The van der Waals surface area contributed by atoms with E-state index in [0.29, 0.717) is 16.5 Å². The number of benzene rings is 2. The summed E-state index contributed by atoms with van der Waals surface area (Å²) in [6.45, 7) is 0.00487. The van der Waals surface area contributed by atoms with Gasteiger partial charge in [0.2, 0.25) is 12.7 Å². The lowest BCUT2D eigenvalue weighted by atomic mass is 10.1. The van der Waals surface area contributed by atoms with E-state index in [4.69, 9.17) is 21.1 Å². The summed E-state index contributed by atoms with van der Waals surface area (Å²) in [6.07, 6.45) is 1.30. The van der Waals surface area contributed by atoms with Crippen LogP contribution in [0.15, 0.2) is 41.5 Å². The number of nitro benzene ring substituents is 1. The molecule has 0 atom stereocenters. The van der Waals surface area contributed by atoms with Crippen LogP contribution in [0.3, 0.4) is 0 Å². The summed E-state index contributed by atoms with van der Waals surface area (Å²) in [5.74, 6) is 0.331. The Balaban J connectivity index is 1.68. The first-order valence-corrected chi connectivity index (χ1v) is 7.55. The Hall–Kier alpha value is -3.13. The Bertz CT molecular complexity index is 852. The number of fused-ring (bicyclic) bond motifs is 1. The number of rotatable bonds is 5. The standard InChI is InChI=1S/C16H12ClN3O5/c17-12-3-1-10(2-4-12)5-16(21)19-18-8-11-6-14-15(25-9-24-14)7-13(11)20(22)23/h1-4,6-8H,5,9H2,(H,19,21)/b18-8-. The second kappa shape index (κ2) is 7.18. The van der Waals surface area contributed by atoms with Crippen molar-refractivity contribution in [2.24, 2.45) is 5.10 Å². The zero-order valence-electron chi connectivity index (χ0n) is 12.8. The van der Waals surface area contributed by atoms with Gasteiger partial charge in [0.05, 0.1) is 29.2 Å². The molecule has 0 saturated heterocycles. The number of hydrogen-bond donors (Lipinski definition) is 1. The number of nitro groups is 1. The number of nitrogens with zero attached hydrogens (tertiary/aromatic N) is 2. The molecule has 1 heterocycles. The van der Waals surface area contributed by atoms with E-state index in [0.717, 1.165) is 5.56 Å². The Morgan fingerprint density at radius 3 is 2.64 bits per heavy atom. The molecule has 1 aliphatic heterocycles. The fraction of sp³-hybridized carbons (Fsp3) is 0.125. The van der Waals surface area contributed by atoms with E-state index in [-0.39, 0.29) is 30.4 Å². The summed E-state index contributed by atoms with van der Waals surface area (Å²) in [6, 6.07) is 9.53. The fourth-order valence-corrected chi connectivity index (χ4v) is 2.34. The van der Waals surface area contributed by atoms with Crippen molar-refractivity contribution in [2.75, 3.05) is 6.79 Å². The van der Waals surface area contributed by atoms with Crippen molar-refractivity contribution in [3.63, 3.8) is 0 Å². The van der Waals surface area contributed by atoms with Crippen molar-refractivity contribution in [3.8, 4) is 11.5 Å². The third-order valence-electron chi connectivity index (χ3n) is 3.39. The minimum absolute atomic E-state index is 0.00487. The molecule has 0 bridgehead atoms. The van der Waals surface area contributed by atoms with Crippen molar-refractivity contribution in [3.05, 3.63) is 62.7 Å². The molecule has 1 aliphatic rings. The minimum Gasteiger partial charge on any atom is -0.454 e. The largest absolute Gasteiger partial charge is 0.454 e. The summed E-state index contributed by atoms with van der Waals surface area (Å²) in [5.41, 5.74) is 3.10. The third kappa shape index (κ3) is 4.04. The van der Waals surface area contributed by atoms with Crippen molar-refractivity contribution in [1.82, 2.24) is 5.43 Å². The van der Waals surface area contributed by atoms with Gasteiger partial charge in [-0.05, 0) is 23.8 Å². The van der Waals surface area contributed by atoms with Crippen LogP contribution in [-0.2, 0) is 11.2 Å². The smallest absolute Gasteiger partial charge is 0.282 e. The van der Waals surface area contributed by atoms with E-state index in [9.17, 15) is 14.9 Å². The highest BCUT2D eigenvalue weighted by atomic mass is 35.5. The Morgan fingerprint density at radius 2 is 1.96 bits per heavy atom. The van der Waals surface area contributed by atoms with E-state index < -0.39 is 4.92 Å². The summed E-state index contributed by atoms with van der Waals surface area (Å²) in [5, 5.41) is 15.5. The first-order valence-electron chi connectivity index (χ1n) is 7.17. The molecule has 8 nitrogen and oxygen atoms in total. The van der Waals surface area contributed by atoms with Gasteiger partial charge in [-0.3, -0.25) is 14.9 Å². The third-order valence-corrected chi connectivity index (χ3v) is 3.64. The minimum atomic E-state index is -0.557. The van der Waals surface area contributed by atoms with Crippen molar-refractivity contribution < 1.29 is 19.2 Å². The number of carbonyl (C=O) groups excluding carboxylic acids is 1. The topological polar surface area (TPSA) is 103 Å². The van der Waals surface area contributed by atoms with E-state index in [2.05, 4.69) is 10.5 Å². The molecule has 1 N–H and O–H groups in total. The summed E-state index contributed by atoms with van der Waals surface area (Å²) < 4.78 is 10.3. The van der Waals surface area contributed by atoms with Crippen molar-refractivity contribution in [1.29, 1.82) is 0 Å². The molecule has 9 heteroatoms. The summed E-state index contributed by atoms with van der Waals surface area (Å²) in [7, 11) is 0.